The Morgan fingerprint density at radius 1 is 1.19 bits per heavy atom. The number of carbonyl (C=O) groups is 2. The highest BCUT2D eigenvalue weighted by Crippen LogP contribution is 2.23. The summed E-state index contributed by atoms with van der Waals surface area (Å²) in [6, 6.07) is 12.6. The van der Waals surface area contributed by atoms with Gasteiger partial charge in [-0.05, 0) is 36.9 Å². The van der Waals surface area contributed by atoms with E-state index in [1.54, 1.807) is 18.9 Å². The average Bonchev–Trinajstić information content (AvgIpc) is 2.61. The minimum absolute atomic E-state index is 0.129. The SMILES string of the molecule is COc1ccc(C)cc1CC(=O)NC(CC(=O)O)c1ccc(SC)cc1. The maximum absolute atomic E-state index is 12.5. The average molecular weight is 373 g/mol. The maximum Gasteiger partial charge on any atom is 0.305 e. The van der Waals surface area contributed by atoms with Gasteiger partial charge in [-0.25, -0.2) is 0 Å². The Morgan fingerprint density at radius 3 is 2.46 bits per heavy atom. The second-order valence-electron chi connectivity index (χ2n) is 5.98. The van der Waals surface area contributed by atoms with Gasteiger partial charge in [0.05, 0.1) is 26.0 Å². The lowest BCUT2D eigenvalue weighted by atomic mass is 10.0. The second-order valence-corrected chi connectivity index (χ2v) is 6.86. The molecule has 2 aromatic carbocycles. The summed E-state index contributed by atoms with van der Waals surface area (Å²) in [5, 5.41) is 12.0. The van der Waals surface area contributed by atoms with E-state index in [0.717, 1.165) is 21.6 Å². The number of aliphatic carboxylic acids is 1. The fourth-order valence-corrected chi connectivity index (χ4v) is 3.14. The highest BCUT2D eigenvalue weighted by Gasteiger charge is 2.19. The number of methoxy groups -OCH3 is 1. The highest BCUT2D eigenvalue weighted by atomic mass is 32.2. The molecule has 5 nitrogen and oxygen atoms in total. The molecule has 2 aromatic rings. The van der Waals surface area contributed by atoms with Gasteiger partial charge >= 0.3 is 5.97 Å². The predicted octanol–water partition coefficient (Wildman–Crippen LogP) is 3.60. The van der Waals surface area contributed by atoms with Crippen molar-refractivity contribution in [3.05, 3.63) is 59.2 Å². The number of aryl methyl sites for hydroxylation is 1. The summed E-state index contributed by atoms with van der Waals surface area (Å²) in [6.07, 6.45) is 1.93. The lowest BCUT2D eigenvalue weighted by Crippen LogP contribution is -2.31. The molecule has 0 radical (unpaired) electrons. The van der Waals surface area contributed by atoms with Gasteiger partial charge in [0.25, 0.3) is 0 Å². The molecule has 1 amide bonds. The minimum atomic E-state index is -0.961. The van der Waals surface area contributed by atoms with E-state index >= 15 is 0 Å². The van der Waals surface area contributed by atoms with Crippen molar-refractivity contribution in [1.29, 1.82) is 0 Å². The number of carboxylic acids is 1. The molecule has 0 heterocycles. The van der Waals surface area contributed by atoms with Crippen LogP contribution in [-0.2, 0) is 16.0 Å². The van der Waals surface area contributed by atoms with Crippen molar-refractivity contribution in [1.82, 2.24) is 5.32 Å². The van der Waals surface area contributed by atoms with Crippen LogP contribution in [0, 0.1) is 6.92 Å². The molecule has 1 unspecified atom stereocenters. The summed E-state index contributed by atoms with van der Waals surface area (Å²) >= 11 is 1.61. The molecule has 2 N–H and O–H groups in total. The van der Waals surface area contributed by atoms with Crippen molar-refractivity contribution in [2.45, 2.75) is 30.7 Å². The number of ether oxygens (including phenoxy) is 1. The molecule has 0 aliphatic rings. The molecule has 1 atom stereocenters. The summed E-state index contributed by atoms with van der Waals surface area (Å²) in [7, 11) is 1.56. The van der Waals surface area contributed by atoms with Crippen molar-refractivity contribution < 1.29 is 19.4 Å². The maximum atomic E-state index is 12.5. The Kier molecular flexibility index (Phi) is 7.09. The van der Waals surface area contributed by atoms with E-state index in [2.05, 4.69) is 5.32 Å². The van der Waals surface area contributed by atoms with Crippen LogP contribution in [0.15, 0.2) is 47.4 Å². The van der Waals surface area contributed by atoms with Crippen LogP contribution < -0.4 is 10.1 Å². The number of nitrogens with one attached hydrogen (secondary N) is 1. The molecular weight excluding hydrogens is 350 g/mol. The van der Waals surface area contributed by atoms with Gasteiger partial charge < -0.3 is 15.2 Å². The van der Waals surface area contributed by atoms with Crippen LogP contribution in [0.2, 0.25) is 0 Å². The number of carbonyl (C=O) groups excluding carboxylic acids is 1. The van der Waals surface area contributed by atoms with Crippen molar-refractivity contribution in [2.75, 3.05) is 13.4 Å². The third-order valence-corrected chi connectivity index (χ3v) is 4.76. The smallest absolute Gasteiger partial charge is 0.305 e. The monoisotopic (exact) mass is 373 g/mol. The number of thioether (sulfide) groups is 1. The van der Waals surface area contributed by atoms with E-state index < -0.39 is 12.0 Å². The van der Waals surface area contributed by atoms with Crippen molar-refractivity contribution in [3.8, 4) is 5.75 Å². The van der Waals surface area contributed by atoms with Crippen LogP contribution in [-0.4, -0.2) is 30.3 Å². The Labute approximate surface area is 157 Å². The Hall–Kier alpha value is -2.47. The van der Waals surface area contributed by atoms with E-state index in [4.69, 9.17) is 4.74 Å². The van der Waals surface area contributed by atoms with Gasteiger partial charge in [0, 0.05) is 10.5 Å². The second kappa shape index (κ2) is 9.29. The molecule has 0 spiro atoms. The first-order valence-corrected chi connectivity index (χ1v) is 9.44. The number of rotatable bonds is 8. The fraction of sp³-hybridized carbons (Fsp3) is 0.300. The summed E-state index contributed by atoms with van der Waals surface area (Å²) in [4.78, 5) is 24.8. The Bertz CT molecular complexity index is 774. The number of hydrogen-bond donors (Lipinski definition) is 2. The summed E-state index contributed by atoms with van der Waals surface area (Å²) in [6.45, 7) is 1.95. The van der Waals surface area contributed by atoms with Crippen molar-refractivity contribution >= 4 is 23.6 Å². The molecular formula is C20H23NO4S. The number of benzene rings is 2. The van der Waals surface area contributed by atoms with E-state index in [1.807, 2.05) is 55.6 Å². The quantitative estimate of drug-likeness (QED) is 0.692. The molecule has 2 rings (SSSR count). The van der Waals surface area contributed by atoms with Crippen LogP contribution in [0.3, 0.4) is 0 Å². The molecule has 6 heteroatoms. The fourth-order valence-electron chi connectivity index (χ4n) is 2.73. The predicted molar refractivity (Wildman–Crippen MR) is 103 cm³/mol. The first-order chi connectivity index (χ1) is 12.4. The largest absolute Gasteiger partial charge is 0.496 e. The molecule has 0 bridgehead atoms. The lowest BCUT2D eigenvalue weighted by molar-refractivity contribution is -0.137. The number of carboxylic acid groups (broad SMARTS) is 1. The highest BCUT2D eigenvalue weighted by molar-refractivity contribution is 7.98. The Morgan fingerprint density at radius 2 is 1.88 bits per heavy atom. The van der Waals surface area contributed by atoms with Crippen molar-refractivity contribution in [2.24, 2.45) is 0 Å². The molecule has 138 valence electrons. The Balaban J connectivity index is 2.15. The van der Waals surface area contributed by atoms with Gasteiger partial charge in [-0.1, -0.05) is 29.8 Å². The standard InChI is InChI=1S/C20H23NO4S/c1-13-4-9-18(25-2)15(10-13)11-19(22)21-17(12-20(23)24)14-5-7-16(26-3)8-6-14/h4-10,17H,11-12H2,1-3H3,(H,21,22)(H,23,24). The third-order valence-electron chi connectivity index (χ3n) is 4.02. The summed E-state index contributed by atoms with van der Waals surface area (Å²) < 4.78 is 5.30. The van der Waals surface area contributed by atoms with Crippen molar-refractivity contribution in [3.63, 3.8) is 0 Å². The molecule has 0 saturated carbocycles. The van der Waals surface area contributed by atoms with E-state index in [-0.39, 0.29) is 18.7 Å². The van der Waals surface area contributed by atoms with E-state index in [0.29, 0.717) is 5.75 Å². The van der Waals surface area contributed by atoms with Gasteiger partial charge in [0.15, 0.2) is 0 Å². The van der Waals surface area contributed by atoms with Gasteiger partial charge in [-0.15, -0.1) is 11.8 Å². The van der Waals surface area contributed by atoms with Crippen LogP contribution in [0.25, 0.3) is 0 Å². The molecule has 0 fully saturated rings. The molecule has 0 aliphatic heterocycles. The van der Waals surface area contributed by atoms with Crippen LogP contribution >= 0.6 is 11.8 Å². The first kappa shape index (κ1) is 19.8. The van der Waals surface area contributed by atoms with E-state index in [9.17, 15) is 14.7 Å². The number of amides is 1. The first-order valence-electron chi connectivity index (χ1n) is 8.21. The van der Waals surface area contributed by atoms with Gasteiger partial charge in [-0.2, -0.15) is 0 Å². The number of hydrogen-bond acceptors (Lipinski definition) is 4. The van der Waals surface area contributed by atoms with Crippen LogP contribution in [0.1, 0.15) is 29.2 Å². The summed E-state index contributed by atoms with van der Waals surface area (Å²) in [5.41, 5.74) is 2.58. The zero-order valence-corrected chi connectivity index (χ0v) is 15.9. The van der Waals surface area contributed by atoms with Crippen LogP contribution in [0.4, 0.5) is 0 Å². The topological polar surface area (TPSA) is 75.6 Å². The van der Waals surface area contributed by atoms with Gasteiger partial charge in [0.1, 0.15) is 5.75 Å². The van der Waals surface area contributed by atoms with Gasteiger partial charge in [-0.3, -0.25) is 9.59 Å². The minimum Gasteiger partial charge on any atom is -0.496 e. The third kappa shape index (κ3) is 5.52. The van der Waals surface area contributed by atoms with Crippen LogP contribution in [0.5, 0.6) is 5.75 Å². The molecule has 0 aromatic heterocycles. The molecule has 26 heavy (non-hydrogen) atoms. The molecule has 0 aliphatic carbocycles. The summed E-state index contributed by atoms with van der Waals surface area (Å²) in [5.74, 6) is -0.559. The van der Waals surface area contributed by atoms with Gasteiger partial charge in [0.2, 0.25) is 5.91 Å². The lowest BCUT2D eigenvalue weighted by Gasteiger charge is -2.18. The normalized spacial score (nSPS) is 11.7. The zero-order chi connectivity index (χ0) is 19.1. The van der Waals surface area contributed by atoms with E-state index in [1.165, 1.54) is 0 Å². The molecule has 0 saturated heterocycles. The zero-order valence-electron chi connectivity index (χ0n) is 15.1.